The summed E-state index contributed by atoms with van der Waals surface area (Å²) in [6.45, 7) is 0.455. The minimum Gasteiger partial charge on any atom is -0.207 e. The highest BCUT2D eigenvalue weighted by molar-refractivity contribution is 7.89. The van der Waals surface area contributed by atoms with Gasteiger partial charge in [-0.3, -0.25) is 0 Å². The van der Waals surface area contributed by atoms with Crippen molar-refractivity contribution < 1.29 is 12.8 Å². The zero-order chi connectivity index (χ0) is 12.5. The Hall–Kier alpha value is -0.650. The van der Waals surface area contributed by atoms with E-state index in [4.69, 9.17) is 11.6 Å². The van der Waals surface area contributed by atoms with Crippen molar-refractivity contribution in [3.05, 3.63) is 30.1 Å². The smallest absolute Gasteiger partial charge is 0.207 e. The molecule has 17 heavy (non-hydrogen) atoms. The largest absolute Gasteiger partial charge is 0.243 e. The van der Waals surface area contributed by atoms with Crippen LogP contribution < -0.4 is 0 Å². The summed E-state index contributed by atoms with van der Waals surface area (Å²) in [4.78, 5) is -0.00508. The molecule has 0 aliphatic carbocycles. The Bertz CT molecular complexity index is 506. The van der Waals surface area contributed by atoms with E-state index in [9.17, 15) is 12.8 Å². The van der Waals surface area contributed by atoms with Gasteiger partial charge in [-0.25, -0.2) is 12.8 Å². The van der Waals surface area contributed by atoms with Gasteiger partial charge in [-0.05, 0) is 31.0 Å². The van der Waals surface area contributed by atoms with Crippen LogP contribution in [0.2, 0.25) is 0 Å². The Morgan fingerprint density at radius 1 is 1.47 bits per heavy atom. The molecule has 2 rings (SSSR count). The summed E-state index contributed by atoms with van der Waals surface area (Å²) in [5.74, 6) is -0.276. The second-order valence-corrected chi connectivity index (χ2v) is 6.22. The van der Waals surface area contributed by atoms with E-state index in [1.54, 1.807) is 0 Å². The number of nitrogens with zero attached hydrogens (tertiary/aromatic N) is 1. The minimum absolute atomic E-state index is 0.00508. The molecule has 1 aromatic carbocycles. The molecule has 6 heteroatoms. The van der Waals surface area contributed by atoms with Crippen LogP contribution in [0.3, 0.4) is 0 Å². The molecule has 1 atom stereocenters. The van der Waals surface area contributed by atoms with Gasteiger partial charge in [0.25, 0.3) is 0 Å². The third-order valence-electron chi connectivity index (χ3n) is 2.90. The number of hydrogen-bond acceptors (Lipinski definition) is 2. The maximum absolute atomic E-state index is 13.1. The normalized spacial score (nSPS) is 21.9. The summed E-state index contributed by atoms with van der Waals surface area (Å²) < 4.78 is 38.9. The molecule has 94 valence electrons. The van der Waals surface area contributed by atoms with Gasteiger partial charge in [0.1, 0.15) is 5.82 Å². The number of alkyl halides is 1. The van der Waals surface area contributed by atoms with Crippen molar-refractivity contribution in [1.82, 2.24) is 4.31 Å². The van der Waals surface area contributed by atoms with Crippen LogP contribution in [-0.2, 0) is 10.0 Å². The van der Waals surface area contributed by atoms with E-state index in [-0.39, 0.29) is 16.8 Å². The third-order valence-corrected chi connectivity index (χ3v) is 5.21. The van der Waals surface area contributed by atoms with Crippen molar-refractivity contribution in [3.8, 4) is 0 Å². The molecule has 3 nitrogen and oxygen atoms in total. The van der Waals surface area contributed by atoms with E-state index in [1.807, 2.05) is 0 Å². The molecular formula is C11H13ClFNO2S. The van der Waals surface area contributed by atoms with Crippen molar-refractivity contribution in [2.75, 3.05) is 12.4 Å². The Labute approximate surface area is 105 Å². The quantitative estimate of drug-likeness (QED) is 0.795. The van der Waals surface area contributed by atoms with Gasteiger partial charge in [0.05, 0.1) is 4.90 Å². The monoisotopic (exact) mass is 277 g/mol. The first-order valence-electron chi connectivity index (χ1n) is 5.39. The highest BCUT2D eigenvalue weighted by Gasteiger charge is 2.34. The van der Waals surface area contributed by atoms with Crippen LogP contribution in [0.5, 0.6) is 0 Å². The van der Waals surface area contributed by atoms with E-state index < -0.39 is 15.8 Å². The van der Waals surface area contributed by atoms with Crippen molar-refractivity contribution >= 4 is 21.6 Å². The van der Waals surface area contributed by atoms with Crippen molar-refractivity contribution in [3.63, 3.8) is 0 Å². The maximum Gasteiger partial charge on any atom is 0.243 e. The SMILES string of the molecule is O=S(=O)(c1cccc(F)c1)N1CCCC1CCl. The first kappa shape index (κ1) is 12.8. The third kappa shape index (κ3) is 2.46. The Morgan fingerprint density at radius 3 is 2.88 bits per heavy atom. The molecule has 0 bridgehead atoms. The fraction of sp³-hybridized carbons (Fsp3) is 0.455. The molecule has 0 N–H and O–H groups in total. The number of rotatable bonds is 3. The van der Waals surface area contributed by atoms with Gasteiger partial charge in [0.15, 0.2) is 0 Å². The van der Waals surface area contributed by atoms with Crippen LogP contribution in [0.4, 0.5) is 4.39 Å². The van der Waals surface area contributed by atoms with Crippen molar-refractivity contribution in [2.45, 2.75) is 23.8 Å². The molecule has 1 aromatic rings. The van der Waals surface area contributed by atoms with Crippen molar-refractivity contribution in [1.29, 1.82) is 0 Å². The molecule has 0 aromatic heterocycles. The average Bonchev–Trinajstić information content (AvgIpc) is 2.77. The summed E-state index contributed by atoms with van der Waals surface area (Å²) >= 11 is 5.75. The average molecular weight is 278 g/mol. The van der Waals surface area contributed by atoms with E-state index >= 15 is 0 Å². The Kier molecular flexibility index (Phi) is 3.70. The lowest BCUT2D eigenvalue weighted by molar-refractivity contribution is 0.410. The Balaban J connectivity index is 2.36. The fourth-order valence-electron chi connectivity index (χ4n) is 2.04. The first-order valence-corrected chi connectivity index (χ1v) is 7.36. The maximum atomic E-state index is 13.1. The molecule has 1 aliphatic rings. The Morgan fingerprint density at radius 2 is 2.24 bits per heavy atom. The molecule has 1 saturated heterocycles. The van der Waals surface area contributed by atoms with Gasteiger partial charge in [-0.2, -0.15) is 4.31 Å². The number of hydrogen-bond donors (Lipinski definition) is 0. The molecular weight excluding hydrogens is 265 g/mol. The number of benzene rings is 1. The van der Waals surface area contributed by atoms with E-state index in [1.165, 1.54) is 22.5 Å². The highest BCUT2D eigenvalue weighted by Crippen LogP contribution is 2.26. The van der Waals surface area contributed by atoms with E-state index in [0.29, 0.717) is 6.54 Å². The van der Waals surface area contributed by atoms with Crippen LogP contribution in [0.1, 0.15) is 12.8 Å². The lowest BCUT2D eigenvalue weighted by Gasteiger charge is -2.22. The predicted molar refractivity (Wildman–Crippen MR) is 64.0 cm³/mol. The molecule has 0 saturated carbocycles. The zero-order valence-electron chi connectivity index (χ0n) is 9.14. The summed E-state index contributed by atoms with van der Waals surface area (Å²) in [6.07, 6.45) is 1.56. The molecule has 1 unspecified atom stereocenters. The lowest BCUT2D eigenvalue weighted by atomic mass is 10.3. The second kappa shape index (κ2) is 4.92. The van der Waals surface area contributed by atoms with Crippen LogP contribution >= 0.6 is 11.6 Å². The first-order chi connectivity index (χ1) is 8.05. The minimum atomic E-state index is -3.61. The summed E-state index contributed by atoms with van der Waals surface area (Å²) in [7, 11) is -3.61. The van der Waals surface area contributed by atoms with Gasteiger partial charge in [0, 0.05) is 18.5 Å². The zero-order valence-corrected chi connectivity index (χ0v) is 10.7. The topological polar surface area (TPSA) is 37.4 Å². The van der Waals surface area contributed by atoms with Gasteiger partial charge in [-0.15, -0.1) is 11.6 Å². The van der Waals surface area contributed by atoms with E-state index in [2.05, 4.69) is 0 Å². The van der Waals surface area contributed by atoms with Crippen LogP contribution in [0, 0.1) is 5.82 Å². The summed E-state index contributed by atoms with van der Waals surface area (Å²) in [5.41, 5.74) is 0. The molecule has 0 spiro atoms. The summed E-state index contributed by atoms with van der Waals surface area (Å²) in [6, 6.07) is 4.89. The van der Waals surface area contributed by atoms with Crippen LogP contribution in [-0.4, -0.2) is 31.2 Å². The van der Waals surface area contributed by atoms with Gasteiger partial charge in [0.2, 0.25) is 10.0 Å². The van der Waals surface area contributed by atoms with E-state index in [0.717, 1.165) is 18.9 Å². The predicted octanol–water partition coefficient (Wildman–Crippen LogP) is 2.22. The van der Waals surface area contributed by atoms with Gasteiger partial charge >= 0.3 is 0 Å². The standard InChI is InChI=1S/C11H13ClFNO2S/c12-8-10-4-2-6-14(10)17(15,16)11-5-1-3-9(13)7-11/h1,3,5,7,10H,2,4,6,8H2. The molecule has 1 fully saturated rings. The molecule has 0 radical (unpaired) electrons. The fourth-order valence-corrected chi connectivity index (χ4v) is 4.17. The summed E-state index contributed by atoms with van der Waals surface area (Å²) in [5, 5.41) is 0. The van der Waals surface area contributed by atoms with Gasteiger partial charge < -0.3 is 0 Å². The molecule has 1 aliphatic heterocycles. The molecule has 0 amide bonds. The van der Waals surface area contributed by atoms with Crippen molar-refractivity contribution in [2.24, 2.45) is 0 Å². The van der Waals surface area contributed by atoms with Crippen LogP contribution in [0.15, 0.2) is 29.2 Å². The van der Waals surface area contributed by atoms with Crippen LogP contribution in [0.25, 0.3) is 0 Å². The number of halogens is 2. The second-order valence-electron chi connectivity index (χ2n) is 4.02. The lowest BCUT2D eigenvalue weighted by Crippen LogP contribution is -2.36. The molecule has 1 heterocycles. The number of sulfonamides is 1. The van der Waals surface area contributed by atoms with Gasteiger partial charge in [-0.1, -0.05) is 6.07 Å². The highest BCUT2D eigenvalue weighted by atomic mass is 35.5.